The number of hydrogen-bond acceptors (Lipinski definition) is 7. The van der Waals surface area contributed by atoms with Gasteiger partial charge >= 0.3 is 5.97 Å². The zero-order chi connectivity index (χ0) is 27.7. The molecule has 198 valence electrons. The number of halogens is 1. The summed E-state index contributed by atoms with van der Waals surface area (Å²) in [6.45, 7) is 1.36. The number of hydrazine groups is 1. The van der Waals surface area contributed by atoms with Crippen LogP contribution in [0.25, 0.3) is 0 Å². The Balaban J connectivity index is 1.39. The van der Waals surface area contributed by atoms with Crippen molar-refractivity contribution in [2.45, 2.75) is 19.8 Å². The SMILES string of the molecule is CC1=CC[C@@H]2C(=O)N(N(CC(=O)c3ccc(OC(=O)c4cccs4)cc3)C(=O)c3ccc(Cl)cc3)C(=O)[C@H]2C1. The van der Waals surface area contributed by atoms with Crippen LogP contribution in [-0.4, -0.2) is 46.0 Å². The zero-order valence-corrected chi connectivity index (χ0v) is 22.4. The standard InChI is InChI=1S/C29H23ClN2O6S/c1-17-4-13-22-23(15-17)28(36)32(27(22)35)31(26(34)19-5-9-20(30)10-6-19)16-24(33)18-7-11-21(12-8-18)38-29(37)25-3-2-14-39-25/h2-12,14,22-23H,13,15-16H2,1H3/t22-,23-/m0/s1. The van der Waals surface area contributed by atoms with E-state index in [0.29, 0.717) is 22.7 Å². The van der Waals surface area contributed by atoms with Gasteiger partial charge in [-0.3, -0.25) is 19.2 Å². The fourth-order valence-corrected chi connectivity index (χ4v) is 5.45. The zero-order valence-electron chi connectivity index (χ0n) is 20.8. The van der Waals surface area contributed by atoms with Crippen molar-refractivity contribution in [3.63, 3.8) is 0 Å². The number of rotatable bonds is 7. The lowest BCUT2D eigenvalue weighted by molar-refractivity contribution is -0.154. The Bertz CT molecular complexity index is 1480. The fraction of sp³-hybridized carbons (Fsp3) is 0.207. The van der Waals surface area contributed by atoms with Crippen molar-refractivity contribution in [2.24, 2.45) is 11.8 Å². The molecule has 0 N–H and O–H groups in total. The van der Waals surface area contributed by atoms with E-state index in [1.54, 1.807) is 17.5 Å². The van der Waals surface area contributed by atoms with Crippen molar-refractivity contribution in [1.29, 1.82) is 0 Å². The lowest BCUT2D eigenvalue weighted by Gasteiger charge is -2.30. The van der Waals surface area contributed by atoms with Gasteiger partial charge in [0.1, 0.15) is 17.2 Å². The first-order valence-corrected chi connectivity index (χ1v) is 13.5. The number of carbonyl (C=O) groups is 5. The topological polar surface area (TPSA) is 101 Å². The number of Topliss-reactive ketones (excluding diaryl/α,β-unsaturated/α-hetero) is 1. The highest BCUT2D eigenvalue weighted by Crippen LogP contribution is 2.38. The molecule has 3 aromatic rings. The first-order valence-electron chi connectivity index (χ1n) is 12.2. The van der Waals surface area contributed by atoms with Crippen molar-refractivity contribution in [2.75, 3.05) is 6.54 Å². The van der Waals surface area contributed by atoms with E-state index in [0.717, 1.165) is 15.6 Å². The van der Waals surface area contributed by atoms with Gasteiger partial charge in [-0.25, -0.2) is 9.80 Å². The summed E-state index contributed by atoms with van der Waals surface area (Å²) in [5.74, 6) is -3.59. The molecule has 1 saturated heterocycles. The van der Waals surface area contributed by atoms with Crippen LogP contribution in [0.4, 0.5) is 0 Å². The normalized spacial score (nSPS) is 18.4. The van der Waals surface area contributed by atoms with Gasteiger partial charge in [-0.2, -0.15) is 5.01 Å². The van der Waals surface area contributed by atoms with Crippen LogP contribution >= 0.6 is 22.9 Å². The maximum absolute atomic E-state index is 13.6. The van der Waals surface area contributed by atoms with Crippen LogP contribution in [0.15, 0.2) is 77.7 Å². The molecule has 1 fully saturated rings. The van der Waals surface area contributed by atoms with Crippen LogP contribution in [0.3, 0.4) is 0 Å². The number of esters is 1. The minimum atomic E-state index is -0.674. The van der Waals surface area contributed by atoms with E-state index in [1.807, 2.05) is 13.0 Å². The maximum atomic E-state index is 13.6. The molecule has 2 atom stereocenters. The second-order valence-corrected chi connectivity index (χ2v) is 10.8. The maximum Gasteiger partial charge on any atom is 0.353 e. The van der Waals surface area contributed by atoms with Crippen LogP contribution in [0.5, 0.6) is 5.75 Å². The minimum Gasteiger partial charge on any atom is -0.422 e. The highest BCUT2D eigenvalue weighted by Gasteiger charge is 2.51. The van der Waals surface area contributed by atoms with Crippen LogP contribution in [-0.2, 0) is 9.59 Å². The summed E-state index contributed by atoms with van der Waals surface area (Å²) in [5, 5.41) is 3.94. The van der Waals surface area contributed by atoms with Crippen LogP contribution in [0.2, 0.25) is 5.02 Å². The molecule has 1 aromatic heterocycles. The van der Waals surface area contributed by atoms with Crippen LogP contribution in [0.1, 0.15) is 50.2 Å². The van der Waals surface area contributed by atoms with Gasteiger partial charge in [0.2, 0.25) is 0 Å². The minimum absolute atomic E-state index is 0.174. The smallest absolute Gasteiger partial charge is 0.353 e. The predicted octanol–water partition coefficient (Wildman–Crippen LogP) is 5.20. The summed E-state index contributed by atoms with van der Waals surface area (Å²) in [6, 6.07) is 15.2. The number of benzene rings is 2. The number of nitrogens with zero attached hydrogens (tertiary/aromatic N) is 2. The van der Waals surface area contributed by atoms with E-state index < -0.39 is 47.9 Å². The van der Waals surface area contributed by atoms with Gasteiger partial charge in [0, 0.05) is 16.1 Å². The lowest BCUT2D eigenvalue weighted by Crippen LogP contribution is -2.52. The van der Waals surface area contributed by atoms with Gasteiger partial charge in [-0.15, -0.1) is 11.3 Å². The van der Waals surface area contributed by atoms with Crippen molar-refractivity contribution in [3.05, 3.63) is 98.7 Å². The molecule has 2 heterocycles. The molecular weight excluding hydrogens is 540 g/mol. The number of imide groups is 1. The highest BCUT2D eigenvalue weighted by atomic mass is 35.5. The van der Waals surface area contributed by atoms with Gasteiger partial charge < -0.3 is 4.74 Å². The molecule has 5 rings (SSSR count). The summed E-state index contributed by atoms with van der Waals surface area (Å²) < 4.78 is 5.33. The molecular formula is C29H23ClN2O6S. The third-order valence-corrected chi connectivity index (χ3v) is 7.87. The van der Waals surface area contributed by atoms with E-state index in [1.165, 1.54) is 59.9 Å². The van der Waals surface area contributed by atoms with Crippen molar-refractivity contribution in [1.82, 2.24) is 10.0 Å². The third-order valence-electron chi connectivity index (χ3n) is 6.77. The van der Waals surface area contributed by atoms with E-state index in [9.17, 15) is 24.0 Å². The molecule has 10 heteroatoms. The number of fused-ring (bicyclic) bond motifs is 1. The summed E-state index contributed by atoms with van der Waals surface area (Å²) in [6.07, 6.45) is 2.76. The monoisotopic (exact) mass is 562 g/mol. The van der Waals surface area contributed by atoms with Gasteiger partial charge in [0.05, 0.1) is 11.8 Å². The number of amides is 3. The molecule has 8 nitrogen and oxygen atoms in total. The molecule has 1 aliphatic carbocycles. The van der Waals surface area contributed by atoms with E-state index in [-0.39, 0.29) is 16.9 Å². The molecule has 0 radical (unpaired) electrons. The van der Waals surface area contributed by atoms with Gasteiger partial charge in [-0.1, -0.05) is 29.3 Å². The Morgan fingerprint density at radius 3 is 2.31 bits per heavy atom. The largest absolute Gasteiger partial charge is 0.422 e. The number of ketones is 1. The highest BCUT2D eigenvalue weighted by molar-refractivity contribution is 7.12. The molecule has 1 aliphatic heterocycles. The number of allylic oxidation sites excluding steroid dienone is 2. The molecule has 3 amide bonds. The van der Waals surface area contributed by atoms with E-state index >= 15 is 0 Å². The molecule has 0 saturated carbocycles. The van der Waals surface area contributed by atoms with Crippen molar-refractivity contribution < 1.29 is 28.7 Å². The Hall–Kier alpha value is -4.08. The molecule has 2 aliphatic rings. The number of carbonyl (C=O) groups excluding carboxylic acids is 5. The number of hydrogen-bond donors (Lipinski definition) is 0. The Morgan fingerprint density at radius 1 is 0.974 bits per heavy atom. The van der Waals surface area contributed by atoms with E-state index in [4.69, 9.17) is 16.3 Å². The predicted molar refractivity (Wildman–Crippen MR) is 144 cm³/mol. The van der Waals surface area contributed by atoms with Crippen molar-refractivity contribution >= 4 is 52.4 Å². The number of ether oxygens (including phenoxy) is 1. The van der Waals surface area contributed by atoms with E-state index in [2.05, 4.69) is 0 Å². The second-order valence-electron chi connectivity index (χ2n) is 9.38. The molecule has 0 bridgehead atoms. The first-order chi connectivity index (χ1) is 18.7. The lowest BCUT2D eigenvalue weighted by atomic mass is 9.82. The Kier molecular flexibility index (Phi) is 7.45. The van der Waals surface area contributed by atoms with Crippen molar-refractivity contribution in [3.8, 4) is 5.75 Å². The Labute approximate surface area is 233 Å². The summed E-state index contributed by atoms with van der Waals surface area (Å²) >= 11 is 7.22. The molecule has 39 heavy (non-hydrogen) atoms. The fourth-order valence-electron chi connectivity index (χ4n) is 4.72. The number of thiophene rings is 1. The summed E-state index contributed by atoms with van der Waals surface area (Å²) in [7, 11) is 0. The third kappa shape index (κ3) is 5.41. The van der Waals surface area contributed by atoms with Crippen LogP contribution in [0, 0.1) is 11.8 Å². The second kappa shape index (κ2) is 11.0. The molecule has 0 unspecified atom stereocenters. The quantitative estimate of drug-likeness (QED) is 0.129. The average Bonchev–Trinajstić information content (AvgIpc) is 3.55. The van der Waals surface area contributed by atoms with Gasteiger partial charge in [0.15, 0.2) is 5.78 Å². The first kappa shape index (κ1) is 26.5. The van der Waals surface area contributed by atoms with Crippen LogP contribution < -0.4 is 4.74 Å². The summed E-state index contributed by atoms with van der Waals surface area (Å²) in [4.78, 5) is 66.3. The Morgan fingerprint density at radius 2 is 1.64 bits per heavy atom. The van der Waals surface area contributed by atoms with Gasteiger partial charge in [-0.05, 0) is 79.7 Å². The average molecular weight is 563 g/mol. The summed E-state index contributed by atoms with van der Waals surface area (Å²) in [5.41, 5.74) is 1.40. The molecule has 0 spiro atoms. The van der Waals surface area contributed by atoms with Gasteiger partial charge in [0.25, 0.3) is 17.7 Å². The molecule has 2 aromatic carbocycles.